The van der Waals surface area contributed by atoms with Crippen LogP contribution in [0.3, 0.4) is 0 Å². The summed E-state index contributed by atoms with van der Waals surface area (Å²) in [7, 11) is 0. The van der Waals surface area contributed by atoms with Crippen LogP contribution >= 0.6 is 0 Å². The summed E-state index contributed by atoms with van der Waals surface area (Å²) < 4.78 is 9.89. The first-order chi connectivity index (χ1) is 10.1. The molecule has 0 bridgehead atoms. The van der Waals surface area contributed by atoms with E-state index in [-0.39, 0.29) is 23.9 Å². The monoisotopic (exact) mass is 290 g/mol. The number of aromatic nitrogens is 1. The Morgan fingerprint density at radius 1 is 1.33 bits per heavy atom. The lowest BCUT2D eigenvalue weighted by Crippen LogP contribution is -2.06. The number of hydrogen-bond acceptors (Lipinski definition) is 6. The van der Waals surface area contributed by atoms with Crippen molar-refractivity contribution in [3.05, 3.63) is 47.3 Å². The molecule has 0 aliphatic carbocycles. The summed E-state index contributed by atoms with van der Waals surface area (Å²) in [4.78, 5) is 26.1. The summed E-state index contributed by atoms with van der Waals surface area (Å²) in [5, 5.41) is 11.7. The Hall–Kier alpha value is -2.83. The fourth-order valence-electron chi connectivity index (χ4n) is 1.60. The molecule has 0 unspecified atom stereocenters. The number of hydrogen-bond donors (Lipinski definition) is 2. The predicted octanol–water partition coefficient (Wildman–Crippen LogP) is 2.16. The molecule has 2 rings (SSSR count). The Kier molecular flexibility index (Phi) is 4.55. The van der Waals surface area contributed by atoms with Gasteiger partial charge in [0.25, 0.3) is 6.01 Å². The smallest absolute Gasteiger partial charge is 0.360 e. The number of rotatable bonds is 6. The molecule has 21 heavy (non-hydrogen) atoms. The van der Waals surface area contributed by atoms with E-state index < -0.39 is 11.9 Å². The van der Waals surface area contributed by atoms with E-state index in [0.29, 0.717) is 6.54 Å². The molecule has 0 atom stereocenters. The number of aromatic carboxylic acids is 1. The van der Waals surface area contributed by atoms with E-state index >= 15 is 0 Å². The first-order valence-corrected chi connectivity index (χ1v) is 6.29. The first kappa shape index (κ1) is 14.6. The molecule has 0 radical (unpaired) electrons. The third-order valence-corrected chi connectivity index (χ3v) is 2.63. The van der Waals surface area contributed by atoms with Gasteiger partial charge in [-0.15, -0.1) is 0 Å². The third-order valence-electron chi connectivity index (χ3n) is 2.63. The van der Waals surface area contributed by atoms with Crippen LogP contribution in [0, 0.1) is 0 Å². The zero-order valence-electron chi connectivity index (χ0n) is 11.3. The van der Waals surface area contributed by atoms with E-state index in [4.69, 9.17) is 14.3 Å². The number of esters is 1. The van der Waals surface area contributed by atoms with Gasteiger partial charge in [0.05, 0.1) is 12.2 Å². The summed E-state index contributed by atoms with van der Waals surface area (Å²) >= 11 is 0. The molecule has 0 saturated heterocycles. The Labute approximate surface area is 120 Å². The zero-order valence-corrected chi connectivity index (χ0v) is 11.3. The molecule has 0 fully saturated rings. The molecule has 0 aliphatic rings. The summed E-state index contributed by atoms with van der Waals surface area (Å²) in [6.07, 6.45) is 1.22. The molecule has 0 saturated carbocycles. The van der Waals surface area contributed by atoms with E-state index in [1.165, 1.54) is 18.4 Å². The summed E-state index contributed by atoms with van der Waals surface area (Å²) in [5.74, 6) is -1.51. The number of nitrogens with zero attached hydrogens (tertiary/aromatic N) is 1. The molecule has 1 heterocycles. The zero-order chi connectivity index (χ0) is 15.2. The Balaban J connectivity index is 1.94. The van der Waals surface area contributed by atoms with Crippen LogP contribution in [0.1, 0.15) is 33.3 Å². The highest BCUT2D eigenvalue weighted by molar-refractivity contribution is 5.87. The SMILES string of the molecule is CCOC(=O)c1coc(NCc2ccc(C(=O)O)cc2)n1. The van der Waals surface area contributed by atoms with Gasteiger partial charge >= 0.3 is 11.9 Å². The lowest BCUT2D eigenvalue weighted by Gasteiger charge is -2.02. The topological polar surface area (TPSA) is 102 Å². The van der Waals surface area contributed by atoms with Crippen molar-refractivity contribution in [2.24, 2.45) is 0 Å². The van der Waals surface area contributed by atoms with Crippen LogP contribution in [0.4, 0.5) is 6.01 Å². The Morgan fingerprint density at radius 3 is 2.67 bits per heavy atom. The summed E-state index contributed by atoms with van der Waals surface area (Å²) in [6.45, 7) is 2.37. The van der Waals surface area contributed by atoms with Crippen molar-refractivity contribution in [3.63, 3.8) is 0 Å². The number of carbonyl (C=O) groups excluding carboxylic acids is 1. The van der Waals surface area contributed by atoms with Crippen LogP contribution in [0.5, 0.6) is 0 Å². The lowest BCUT2D eigenvalue weighted by atomic mass is 10.1. The van der Waals surface area contributed by atoms with Gasteiger partial charge in [0.15, 0.2) is 5.69 Å². The number of carbonyl (C=O) groups is 2. The van der Waals surface area contributed by atoms with Crippen LogP contribution in [0.2, 0.25) is 0 Å². The molecule has 2 aromatic rings. The number of anilines is 1. The second-order valence-corrected chi connectivity index (χ2v) is 4.11. The number of nitrogens with one attached hydrogen (secondary N) is 1. The number of carboxylic acid groups (broad SMARTS) is 1. The van der Waals surface area contributed by atoms with Gasteiger partial charge in [-0.05, 0) is 24.6 Å². The lowest BCUT2D eigenvalue weighted by molar-refractivity contribution is 0.0519. The van der Waals surface area contributed by atoms with Crippen LogP contribution in [-0.2, 0) is 11.3 Å². The van der Waals surface area contributed by atoms with E-state index in [0.717, 1.165) is 5.56 Å². The molecule has 0 aliphatic heterocycles. The number of carboxylic acids is 1. The van der Waals surface area contributed by atoms with Crippen LogP contribution in [0.15, 0.2) is 34.9 Å². The minimum atomic E-state index is -0.971. The molecule has 2 N–H and O–H groups in total. The minimum absolute atomic E-state index is 0.0978. The van der Waals surface area contributed by atoms with Crippen molar-refractivity contribution in [2.45, 2.75) is 13.5 Å². The molecule has 7 heteroatoms. The molecule has 0 spiro atoms. The van der Waals surface area contributed by atoms with Crippen molar-refractivity contribution >= 4 is 18.0 Å². The highest BCUT2D eigenvalue weighted by atomic mass is 16.5. The maximum absolute atomic E-state index is 11.4. The summed E-state index contributed by atoms with van der Waals surface area (Å²) in [5.41, 5.74) is 1.18. The van der Waals surface area contributed by atoms with Crippen molar-refractivity contribution in [2.75, 3.05) is 11.9 Å². The second kappa shape index (κ2) is 6.56. The molecule has 110 valence electrons. The van der Waals surface area contributed by atoms with Crippen molar-refractivity contribution in [3.8, 4) is 0 Å². The minimum Gasteiger partial charge on any atom is -0.478 e. The van der Waals surface area contributed by atoms with Gasteiger partial charge in [0, 0.05) is 6.54 Å². The van der Waals surface area contributed by atoms with Gasteiger partial charge in [0.2, 0.25) is 0 Å². The van der Waals surface area contributed by atoms with Crippen LogP contribution in [0.25, 0.3) is 0 Å². The average molecular weight is 290 g/mol. The van der Waals surface area contributed by atoms with Crippen molar-refractivity contribution < 1.29 is 23.8 Å². The number of ether oxygens (including phenoxy) is 1. The van der Waals surface area contributed by atoms with Gasteiger partial charge in [0.1, 0.15) is 6.26 Å². The van der Waals surface area contributed by atoms with Gasteiger partial charge < -0.3 is 19.6 Å². The fourth-order valence-corrected chi connectivity index (χ4v) is 1.60. The van der Waals surface area contributed by atoms with Crippen LogP contribution in [-0.4, -0.2) is 28.6 Å². The van der Waals surface area contributed by atoms with E-state index in [2.05, 4.69) is 10.3 Å². The standard InChI is InChI=1S/C14H14N2O5/c1-2-20-13(19)11-8-21-14(16-11)15-7-9-3-5-10(6-4-9)12(17)18/h3-6,8H,2,7H2,1H3,(H,15,16)(H,17,18). The van der Waals surface area contributed by atoms with Gasteiger partial charge in [-0.3, -0.25) is 0 Å². The van der Waals surface area contributed by atoms with Crippen LogP contribution < -0.4 is 5.32 Å². The predicted molar refractivity (Wildman–Crippen MR) is 73.2 cm³/mol. The second-order valence-electron chi connectivity index (χ2n) is 4.11. The Bertz CT molecular complexity index is 633. The van der Waals surface area contributed by atoms with Crippen molar-refractivity contribution in [1.29, 1.82) is 0 Å². The molecule has 1 aromatic heterocycles. The van der Waals surface area contributed by atoms with Crippen molar-refractivity contribution in [1.82, 2.24) is 4.98 Å². The van der Waals surface area contributed by atoms with Gasteiger partial charge in [-0.25, -0.2) is 9.59 Å². The molecular formula is C14H14N2O5. The quantitative estimate of drug-likeness (QED) is 0.786. The highest BCUT2D eigenvalue weighted by Gasteiger charge is 2.12. The molecular weight excluding hydrogens is 276 g/mol. The molecule has 0 amide bonds. The fraction of sp³-hybridized carbons (Fsp3) is 0.214. The van der Waals surface area contributed by atoms with E-state index in [9.17, 15) is 9.59 Å². The molecule has 1 aromatic carbocycles. The molecule has 7 nitrogen and oxygen atoms in total. The maximum atomic E-state index is 11.4. The average Bonchev–Trinajstić information content (AvgIpc) is 2.95. The maximum Gasteiger partial charge on any atom is 0.360 e. The first-order valence-electron chi connectivity index (χ1n) is 6.29. The third kappa shape index (κ3) is 3.82. The Morgan fingerprint density at radius 2 is 2.05 bits per heavy atom. The number of benzene rings is 1. The van der Waals surface area contributed by atoms with E-state index in [1.807, 2.05) is 0 Å². The number of oxazole rings is 1. The highest BCUT2D eigenvalue weighted by Crippen LogP contribution is 2.11. The normalized spacial score (nSPS) is 10.1. The summed E-state index contributed by atoms with van der Waals surface area (Å²) in [6, 6.07) is 6.59. The van der Waals surface area contributed by atoms with E-state index in [1.54, 1.807) is 19.1 Å². The largest absolute Gasteiger partial charge is 0.478 e. The van der Waals surface area contributed by atoms with Gasteiger partial charge in [-0.1, -0.05) is 12.1 Å². The van der Waals surface area contributed by atoms with Gasteiger partial charge in [-0.2, -0.15) is 4.98 Å².